The van der Waals surface area contributed by atoms with Gasteiger partial charge in [0.25, 0.3) is 0 Å². The van der Waals surface area contributed by atoms with Gasteiger partial charge in [-0.15, -0.1) is 0 Å². The first-order valence-corrected chi connectivity index (χ1v) is 8.54. The van der Waals surface area contributed by atoms with E-state index in [1.165, 1.54) is 0 Å². The van der Waals surface area contributed by atoms with Gasteiger partial charge in [-0.2, -0.15) is 4.98 Å². The number of aromatic nitrogens is 2. The molecule has 1 heterocycles. The number of carbonyl (C=O) groups excluding carboxylic acids is 1. The van der Waals surface area contributed by atoms with Gasteiger partial charge in [0.1, 0.15) is 6.04 Å². The van der Waals surface area contributed by atoms with Gasteiger partial charge >= 0.3 is 6.03 Å². The molecule has 1 atom stereocenters. The Morgan fingerprint density at radius 2 is 2.08 bits per heavy atom. The number of methoxy groups -OCH3 is 1. The van der Waals surface area contributed by atoms with Gasteiger partial charge in [-0.1, -0.05) is 21.1 Å². The van der Waals surface area contributed by atoms with Crippen LogP contribution < -0.4 is 10.6 Å². The van der Waals surface area contributed by atoms with Crippen molar-refractivity contribution in [2.24, 2.45) is 0 Å². The van der Waals surface area contributed by atoms with Crippen LogP contribution in [0.1, 0.15) is 31.7 Å². The van der Waals surface area contributed by atoms with Crippen LogP contribution in [0.25, 0.3) is 11.4 Å². The number of rotatable bonds is 5. The lowest BCUT2D eigenvalue weighted by molar-refractivity contribution is 0.0204. The summed E-state index contributed by atoms with van der Waals surface area (Å²) in [6, 6.07) is 7.14. The smallest absolute Gasteiger partial charge is 0.315 e. The van der Waals surface area contributed by atoms with Crippen LogP contribution in [0.4, 0.5) is 4.79 Å². The lowest BCUT2D eigenvalue weighted by Gasteiger charge is -2.34. The van der Waals surface area contributed by atoms with E-state index >= 15 is 0 Å². The summed E-state index contributed by atoms with van der Waals surface area (Å²) in [5.74, 6) is 0.861. The van der Waals surface area contributed by atoms with Gasteiger partial charge in [0.05, 0.1) is 6.10 Å². The second-order valence-corrected chi connectivity index (χ2v) is 6.74. The summed E-state index contributed by atoms with van der Waals surface area (Å²) in [5.41, 5.74) is 0.852. The summed E-state index contributed by atoms with van der Waals surface area (Å²) in [6.07, 6.45) is 1.93. The van der Waals surface area contributed by atoms with E-state index in [4.69, 9.17) is 9.26 Å². The minimum Gasteiger partial charge on any atom is -0.381 e. The summed E-state index contributed by atoms with van der Waals surface area (Å²) in [4.78, 5) is 16.3. The molecule has 0 radical (unpaired) electrons. The monoisotopic (exact) mass is 394 g/mol. The third-order valence-electron chi connectivity index (χ3n) is 4.03. The maximum Gasteiger partial charge on any atom is 0.315 e. The van der Waals surface area contributed by atoms with E-state index in [9.17, 15) is 4.79 Å². The Balaban J connectivity index is 1.54. The van der Waals surface area contributed by atoms with E-state index in [-0.39, 0.29) is 24.2 Å². The highest BCUT2D eigenvalue weighted by molar-refractivity contribution is 9.10. The van der Waals surface area contributed by atoms with Crippen molar-refractivity contribution >= 4 is 22.0 Å². The predicted molar refractivity (Wildman–Crippen MR) is 91.3 cm³/mol. The summed E-state index contributed by atoms with van der Waals surface area (Å²) in [5, 5.41) is 9.67. The van der Waals surface area contributed by atoms with Gasteiger partial charge < -0.3 is 19.9 Å². The molecule has 0 bridgehead atoms. The number of carbonyl (C=O) groups is 1. The molecule has 8 heteroatoms. The summed E-state index contributed by atoms with van der Waals surface area (Å²) >= 11 is 3.39. The molecule has 3 rings (SSSR count). The van der Waals surface area contributed by atoms with Gasteiger partial charge in [-0.05, 0) is 44.0 Å². The largest absolute Gasteiger partial charge is 0.381 e. The van der Waals surface area contributed by atoms with Gasteiger partial charge in [-0.25, -0.2) is 4.79 Å². The van der Waals surface area contributed by atoms with Gasteiger partial charge in [0.2, 0.25) is 11.7 Å². The lowest BCUT2D eigenvalue weighted by Crippen LogP contribution is -2.51. The van der Waals surface area contributed by atoms with Crippen molar-refractivity contribution in [2.75, 3.05) is 7.11 Å². The Morgan fingerprint density at radius 1 is 1.38 bits per heavy atom. The van der Waals surface area contributed by atoms with Crippen molar-refractivity contribution in [3.63, 3.8) is 0 Å². The van der Waals surface area contributed by atoms with Gasteiger partial charge in [0.15, 0.2) is 0 Å². The van der Waals surface area contributed by atoms with Gasteiger partial charge in [0, 0.05) is 23.2 Å². The van der Waals surface area contributed by atoms with Crippen molar-refractivity contribution in [1.29, 1.82) is 0 Å². The molecule has 7 nitrogen and oxygen atoms in total. The molecule has 1 aromatic carbocycles. The molecule has 2 amide bonds. The second-order valence-electron chi connectivity index (χ2n) is 5.83. The molecular formula is C16H19BrN4O3. The topological polar surface area (TPSA) is 89.3 Å². The maximum absolute atomic E-state index is 12.0. The molecule has 0 saturated heterocycles. The molecule has 1 saturated carbocycles. The minimum absolute atomic E-state index is 0.156. The number of benzene rings is 1. The van der Waals surface area contributed by atoms with E-state index in [0.29, 0.717) is 11.7 Å². The van der Waals surface area contributed by atoms with Crippen molar-refractivity contribution in [3.8, 4) is 11.4 Å². The van der Waals surface area contributed by atoms with Crippen LogP contribution >= 0.6 is 15.9 Å². The number of nitrogens with zero attached hydrogens (tertiary/aromatic N) is 2. The average Bonchev–Trinajstić information content (AvgIpc) is 3.01. The molecule has 1 aliphatic rings. The summed E-state index contributed by atoms with van der Waals surface area (Å²) < 4.78 is 11.4. The van der Waals surface area contributed by atoms with Crippen LogP contribution in [0, 0.1) is 0 Å². The van der Waals surface area contributed by atoms with E-state index in [1.807, 2.05) is 24.3 Å². The Kier molecular flexibility index (Phi) is 5.15. The highest BCUT2D eigenvalue weighted by atomic mass is 79.9. The number of hydrogen-bond donors (Lipinski definition) is 2. The first-order valence-electron chi connectivity index (χ1n) is 7.74. The number of urea groups is 1. The first-order chi connectivity index (χ1) is 11.5. The number of hydrogen-bond acceptors (Lipinski definition) is 5. The summed E-state index contributed by atoms with van der Waals surface area (Å²) in [7, 11) is 1.68. The molecule has 24 heavy (non-hydrogen) atoms. The molecule has 0 aliphatic heterocycles. The number of halogens is 1. The molecule has 2 aromatic rings. The van der Waals surface area contributed by atoms with E-state index < -0.39 is 0 Å². The fourth-order valence-corrected chi connectivity index (χ4v) is 2.75. The quantitative estimate of drug-likeness (QED) is 0.813. The summed E-state index contributed by atoms with van der Waals surface area (Å²) in [6.45, 7) is 1.80. The molecule has 1 aromatic heterocycles. The zero-order valence-corrected chi connectivity index (χ0v) is 15.0. The molecule has 1 unspecified atom stereocenters. The normalized spacial score (nSPS) is 21.0. The third-order valence-corrected chi connectivity index (χ3v) is 4.55. The number of amides is 2. The van der Waals surface area contributed by atoms with E-state index in [1.54, 1.807) is 14.0 Å². The predicted octanol–water partition coefficient (Wildman–Crippen LogP) is 3.04. The highest BCUT2D eigenvalue weighted by Gasteiger charge is 2.30. The van der Waals surface area contributed by atoms with Crippen molar-refractivity contribution in [1.82, 2.24) is 20.8 Å². The highest BCUT2D eigenvalue weighted by Crippen LogP contribution is 2.23. The lowest BCUT2D eigenvalue weighted by atomic mass is 9.89. The van der Waals surface area contributed by atoms with Crippen molar-refractivity contribution in [3.05, 3.63) is 34.6 Å². The fraction of sp³-hybridized carbons (Fsp3) is 0.438. The number of nitrogens with one attached hydrogen (secondary N) is 2. The molecule has 1 aliphatic carbocycles. The van der Waals surface area contributed by atoms with E-state index in [2.05, 4.69) is 36.7 Å². The molecule has 128 valence electrons. The van der Waals surface area contributed by atoms with Crippen molar-refractivity contribution in [2.45, 2.75) is 38.0 Å². The number of ether oxygens (including phenoxy) is 1. The minimum atomic E-state index is -0.375. The maximum atomic E-state index is 12.0. The zero-order valence-electron chi connectivity index (χ0n) is 13.5. The average molecular weight is 395 g/mol. The zero-order chi connectivity index (χ0) is 17.1. The molecule has 2 N–H and O–H groups in total. The van der Waals surface area contributed by atoms with E-state index in [0.717, 1.165) is 22.9 Å². The van der Waals surface area contributed by atoms with Crippen LogP contribution in [0.3, 0.4) is 0 Å². The fourth-order valence-electron chi connectivity index (χ4n) is 2.49. The van der Waals surface area contributed by atoms with Crippen LogP contribution in [0.15, 0.2) is 33.3 Å². The second kappa shape index (κ2) is 7.31. The Labute approximate surface area is 148 Å². The van der Waals surface area contributed by atoms with Gasteiger partial charge in [-0.3, -0.25) is 0 Å². The first kappa shape index (κ1) is 16.9. The van der Waals surface area contributed by atoms with Crippen molar-refractivity contribution < 1.29 is 14.1 Å². The Bertz CT molecular complexity index is 698. The Morgan fingerprint density at radius 3 is 2.75 bits per heavy atom. The van der Waals surface area contributed by atoms with Crippen LogP contribution in [0.2, 0.25) is 0 Å². The molecule has 0 spiro atoms. The molecule has 1 fully saturated rings. The standard InChI is InChI=1S/C16H19BrN4O3/c1-9(18-16(22)19-12-7-13(8-12)23-2)15-20-14(21-24-15)10-3-5-11(17)6-4-10/h3-6,9,12-13H,7-8H2,1-2H3,(H2,18,19,22). The third kappa shape index (κ3) is 3.93. The molecular weight excluding hydrogens is 376 g/mol. The van der Waals surface area contributed by atoms with Crippen LogP contribution in [-0.4, -0.2) is 35.4 Å². The SMILES string of the molecule is COC1CC(NC(=O)NC(C)c2nc(-c3ccc(Br)cc3)no2)C1. The van der Waals surface area contributed by atoms with Crippen LogP contribution in [0.5, 0.6) is 0 Å². The Hall–Kier alpha value is -1.93. The van der Waals surface area contributed by atoms with Crippen LogP contribution in [-0.2, 0) is 4.74 Å².